The number of nitriles is 1. The highest BCUT2D eigenvalue weighted by atomic mass is 15.0. The SMILES string of the molecule is Cc1ccc(NC(C)(C#N)C2CCCC2)cc1. The van der Waals surface area contributed by atoms with E-state index in [1.54, 1.807) is 0 Å². The predicted molar refractivity (Wildman–Crippen MR) is 70.8 cm³/mol. The van der Waals surface area contributed by atoms with Crippen molar-refractivity contribution in [2.45, 2.75) is 45.1 Å². The highest BCUT2D eigenvalue weighted by Gasteiger charge is 2.36. The molecule has 90 valence electrons. The Morgan fingerprint density at radius 1 is 1.24 bits per heavy atom. The van der Waals surface area contributed by atoms with Crippen LogP contribution in [0.4, 0.5) is 5.69 Å². The third kappa shape index (κ3) is 2.61. The van der Waals surface area contributed by atoms with Gasteiger partial charge in [-0.3, -0.25) is 0 Å². The van der Waals surface area contributed by atoms with E-state index in [9.17, 15) is 5.26 Å². The van der Waals surface area contributed by atoms with Crippen LogP contribution in [0.5, 0.6) is 0 Å². The van der Waals surface area contributed by atoms with Crippen molar-refractivity contribution in [3.05, 3.63) is 29.8 Å². The van der Waals surface area contributed by atoms with Crippen molar-refractivity contribution >= 4 is 5.69 Å². The molecule has 1 N–H and O–H groups in total. The Labute approximate surface area is 104 Å². The Bertz CT molecular complexity index is 410. The molecule has 1 atom stereocenters. The molecule has 17 heavy (non-hydrogen) atoms. The van der Waals surface area contributed by atoms with Crippen LogP contribution in [0.1, 0.15) is 38.2 Å². The summed E-state index contributed by atoms with van der Waals surface area (Å²) >= 11 is 0. The number of aryl methyl sites for hydroxylation is 1. The molecule has 1 fully saturated rings. The highest BCUT2D eigenvalue weighted by Crippen LogP contribution is 2.35. The zero-order valence-electron chi connectivity index (χ0n) is 10.7. The molecule has 1 unspecified atom stereocenters. The Morgan fingerprint density at radius 2 is 1.82 bits per heavy atom. The third-order valence-electron chi connectivity index (χ3n) is 3.86. The minimum Gasteiger partial charge on any atom is -0.367 e. The van der Waals surface area contributed by atoms with Crippen molar-refractivity contribution < 1.29 is 0 Å². The summed E-state index contributed by atoms with van der Waals surface area (Å²) in [6.07, 6.45) is 4.86. The Balaban J connectivity index is 2.14. The van der Waals surface area contributed by atoms with Gasteiger partial charge in [-0.25, -0.2) is 0 Å². The average molecular weight is 228 g/mol. The van der Waals surface area contributed by atoms with Crippen LogP contribution in [0, 0.1) is 24.2 Å². The van der Waals surface area contributed by atoms with Gasteiger partial charge in [-0.1, -0.05) is 30.5 Å². The number of hydrogen-bond acceptors (Lipinski definition) is 2. The van der Waals surface area contributed by atoms with Gasteiger partial charge in [0, 0.05) is 5.69 Å². The summed E-state index contributed by atoms with van der Waals surface area (Å²) in [5.74, 6) is 0.480. The summed E-state index contributed by atoms with van der Waals surface area (Å²) in [4.78, 5) is 0. The predicted octanol–water partition coefficient (Wildman–Crippen LogP) is 3.88. The largest absolute Gasteiger partial charge is 0.367 e. The molecule has 1 saturated carbocycles. The molecule has 0 heterocycles. The van der Waals surface area contributed by atoms with Crippen LogP contribution in [0.15, 0.2) is 24.3 Å². The number of nitrogens with zero attached hydrogens (tertiary/aromatic N) is 1. The smallest absolute Gasteiger partial charge is 0.125 e. The average Bonchev–Trinajstić information content (AvgIpc) is 2.86. The fourth-order valence-electron chi connectivity index (χ4n) is 2.66. The molecular formula is C15H20N2. The maximum atomic E-state index is 9.45. The van der Waals surface area contributed by atoms with Gasteiger partial charge in [-0.2, -0.15) is 5.26 Å². The molecule has 2 heteroatoms. The van der Waals surface area contributed by atoms with Gasteiger partial charge in [0.1, 0.15) is 5.54 Å². The van der Waals surface area contributed by atoms with Crippen LogP contribution in [0.2, 0.25) is 0 Å². The van der Waals surface area contributed by atoms with Crippen molar-refractivity contribution in [1.82, 2.24) is 0 Å². The second-order valence-electron chi connectivity index (χ2n) is 5.29. The first-order valence-electron chi connectivity index (χ1n) is 6.40. The Kier molecular flexibility index (Phi) is 3.38. The second kappa shape index (κ2) is 4.79. The zero-order chi connectivity index (χ0) is 12.3. The van der Waals surface area contributed by atoms with E-state index in [2.05, 4.69) is 42.6 Å². The maximum Gasteiger partial charge on any atom is 0.125 e. The first-order chi connectivity index (χ1) is 8.14. The monoisotopic (exact) mass is 228 g/mol. The van der Waals surface area contributed by atoms with Crippen LogP contribution in [-0.4, -0.2) is 5.54 Å². The summed E-state index contributed by atoms with van der Waals surface area (Å²) in [7, 11) is 0. The van der Waals surface area contributed by atoms with Crippen molar-refractivity contribution in [1.29, 1.82) is 5.26 Å². The maximum absolute atomic E-state index is 9.45. The molecule has 1 aromatic carbocycles. The number of benzene rings is 1. The first kappa shape index (κ1) is 12.0. The fourth-order valence-corrected chi connectivity index (χ4v) is 2.66. The van der Waals surface area contributed by atoms with Crippen molar-refractivity contribution in [3.63, 3.8) is 0 Å². The lowest BCUT2D eigenvalue weighted by Crippen LogP contribution is -2.40. The molecule has 1 aromatic rings. The van der Waals surface area contributed by atoms with E-state index >= 15 is 0 Å². The molecule has 0 radical (unpaired) electrons. The van der Waals surface area contributed by atoms with Gasteiger partial charge in [-0.15, -0.1) is 0 Å². The van der Waals surface area contributed by atoms with Crippen LogP contribution in [0.3, 0.4) is 0 Å². The van der Waals surface area contributed by atoms with Crippen LogP contribution < -0.4 is 5.32 Å². The third-order valence-corrected chi connectivity index (χ3v) is 3.86. The van der Waals surface area contributed by atoms with Crippen LogP contribution >= 0.6 is 0 Å². The van der Waals surface area contributed by atoms with Crippen LogP contribution in [0.25, 0.3) is 0 Å². The molecule has 0 aliphatic heterocycles. The fraction of sp³-hybridized carbons (Fsp3) is 0.533. The van der Waals surface area contributed by atoms with Crippen molar-refractivity contribution in [2.24, 2.45) is 5.92 Å². The standard InChI is InChI=1S/C15H20N2/c1-12-7-9-14(10-8-12)17-15(2,11-16)13-5-3-4-6-13/h7-10,13,17H,3-6H2,1-2H3. The summed E-state index contributed by atoms with van der Waals surface area (Å²) in [5.41, 5.74) is 1.87. The lowest BCUT2D eigenvalue weighted by molar-refractivity contribution is 0.404. The number of anilines is 1. The quantitative estimate of drug-likeness (QED) is 0.852. The molecule has 0 bridgehead atoms. The van der Waals surface area contributed by atoms with Crippen molar-refractivity contribution in [2.75, 3.05) is 5.32 Å². The van der Waals surface area contributed by atoms with E-state index in [0.717, 1.165) is 5.69 Å². The van der Waals surface area contributed by atoms with Crippen LogP contribution in [-0.2, 0) is 0 Å². The topological polar surface area (TPSA) is 35.8 Å². The summed E-state index contributed by atoms with van der Waals surface area (Å²) in [6.45, 7) is 4.10. The molecule has 0 aromatic heterocycles. The van der Waals surface area contributed by atoms with Crippen molar-refractivity contribution in [3.8, 4) is 6.07 Å². The van der Waals surface area contributed by atoms with E-state index in [-0.39, 0.29) is 0 Å². The molecule has 1 aliphatic rings. The van der Waals surface area contributed by atoms with Gasteiger partial charge in [-0.05, 0) is 44.7 Å². The van der Waals surface area contributed by atoms with E-state index < -0.39 is 5.54 Å². The zero-order valence-corrected chi connectivity index (χ0v) is 10.7. The summed E-state index contributed by atoms with van der Waals surface area (Å²) in [6, 6.07) is 10.7. The Hall–Kier alpha value is -1.49. The molecule has 1 aliphatic carbocycles. The number of nitrogens with one attached hydrogen (secondary N) is 1. The van der Waals surface area contributed by atoms with Gasteiger partial charge in [0.15, 0.2) is 0 Å². The summed E-state index contributed by atoms with van der Waals surface area (Å²) in [5, 5.41) is 12.9. The second-order valence-corrected chi connectivity index (χ2v) is 5.29. The van der Waals surface area contributed by atoms with E-state index in [1.165, 1.54) is 31.2 Å². The lowest BCUT2D eigenvalue weighted by Gasteiger charge is -2.30. The van der Waals surface area contributed by atoms with Gasteiger partial charge < -0.3 is 5.32 Å². The molecular weight excluding hydrogens is 208 g/mol. The van der Waals surface area contributed by atoms with E-state index in [0.29, 0.717) is 5.92 Å². The van der Waals surface area contributed by atoms with E-state index in [4.69, 9.17) is 0 Å². The van der Waals surface area contributed by atoms with Gasteiger partial charge in [0.2, 0.25) is 0 Å². The highest BCUT2D eigenvalue weighted by molar-refractivity contribution is 5.48. The number of rotatable bonds is 3. The van der Waals surface area contributed by atoms with Gasteiger partial charge in [0.25, 0.3) is 0 Å². The minimum absolute atomic E-state index is 0.425. The minimum atomic E-state index is -0.425. The number of hydrogen-bond donors (Lipinski definition) is 1. The van der Waals surface area contributed by atoms with E-state index in [1.807, 2.05) is 6.92 Å². The molecule has 2 nitrogen and oxygen atoms in total. The first-order valence-corrected chi connectivity index (χ1v) is 6.40. The van der Waals surface area contributed by atoms with Gasteiger partial charge >= 0.3 is 0 Å². The molecule has 2 rings (SSSR count). The molecule has 0 amide bonds. The normalized spacial score (nSPS) is 19.6. The lowest BCUT2D eigenvalue weighted by atomic mass is 9.85. The molecule has 0 spiro atoms. The van der Waals surface area contributed by atoms with Gasteiger partial charge in [0.05, 0.1) is 6.07 Å². The molecule has 0 saturated heterocycles. The Morgan fingerprint density at radius 3 is 2.35 bits per heavy atom. The summed E-state index contributed by atoms with van der Waals surface area (Å²) < 4.78 is 0.